The average molecular weight is 285 g/mol. The van der Waals surface area contributed by atoms with Gasteiger partial charge in [0.25, 0.3) is 0 Å². The van der Waals surface area contributed by atoms with Gasteiger partial charge in [0.2, 0.25) is 10.0 Å². The van der Waals surface area contributed by atoms with Crippen LogP contribution < -0.4 is 16.2 Å². The highest BCUT2D eigenvalue weighted by atomic mass is 32.2. The molecular weight excluding hydrogens is 266 g/mol. The molecule has 0 spiro atoms. The zero-order valence-electron chi connectivity index (χ0n) is 10.8. The van der Waals surface area contributed by atoms with Crippen LogP contribution in [0.3, 0.4) is 0 Å². The minimum absolute atomic E-state index is 0.0238. The lowest BCUT2D eigenvalue weighted by molar-refractivity contribution is 0.00299. The van der Waals surface area contributed by atoms with Crippen LogP contribution in [0.2, 0.25) is 0 Å². The number of benzene rings is 1. The van der Waals surface area contributed by atoms with Crippen molar-refractivity contribution in [2.24, 2.45) is 5.14 Å². The van der Waals surface area contributed by atoms with Crippen molar-refractivity contribution in [3.05, 3.63) is 18.2 Å². The first kappa shape index (κ1) is 14.1. The van der Waals surface area contributed by atoms with E-state index in [9.17, 15) is 8.42 Å². The van der Waals surface area contributed by atoms with Gasteiger partial charge in [-0.05, 0) is 38.0 Å². The predicted octanol–water partition coefficient (Wildman–Crippen LogP) is 0.896. The molecule has 1 aliphatic carbocycles. The fourth-order valence-electron chi connectivity index (χ4n) is 2.16. The van der Waals surface area contributed by atoms with Crippen LogP contribution in [0.25, 0.3) is 0 Å². The summed E-state index contributed by atoms with van der Waals surface area (Å²) < 4.78 is 28.1. The van der Waals surface area contributed by atoms with Crippen LogP contribution in [0.5, 0.6) is 0 Å². The van der Waals surface area contributed by atoms with Gasteiger partial charge in [-0.2, -0.15) is 0 Å². The molecule has 0 heterocycles. The van der Waals surface area contributed by atoms with Crippen LogP contribution in [0.15, 0.2) is 23.1 Å². The fourth-order valence-corrected chi connectivity index (χ4v) is 2.75. The van der Waals surface area contributed by atoms with Crippen molar-refractivity contribution in [1.82, 2.24) is 0 Å². The van der Waals surface area contributed by atoms with E-state index in [-0.39, 0.29) is 10.9 Å². The lowest BCUT2D eigenvalue weighted by Gasteiger charge is -2.36. The van der Waals surface area contributed by atoms with Crippen LogP contribution in [-0.2, 0) is 14.8 Å². The van der Waals surface area contributed by atoms with E-state index < -0.39 is 10.0 Å². The minimum atomic E-state index is -3.74. The number of sulfonamides is 1. The molecule has 0 aliphatic heterocycles. The highest BCUT2D eigenvalue weighted by molar-refractivity contribution is 7.89. The van der Waals surface area contributed by atoms with Gasteiger partial charge in [-0.1, -0.05) is 0 Å². The van der Waals surface area contributed by atoms with E-state index in [2.05, 4.69) is 5.32 Å². The Bertz CT molecular complexity index is 553. The first-order valence-corrected chi connectivity index (χ1v) is 7.74. The third kappa shape index (κ3) is 3.59. The Hall–Kier alpha value is -1.31. The molecule has 5 N–H and O–H groups in total. The van der Waals surface area contributed by atoms with E-state index in [0.717, 1.165) is 12.8 Å². The second kappa shape index (κ2) is 5.36. The summed E-state index contributed by atoms with van der Waals surface area (Å²) >= 11 is 0. The summed E-state index contributed by atoms with van der Waals surface area (Å²) in [6, 6.07) is 4.83. The number of hydrogen-bond acceptors (Lipinski definition) is 5. The molecule has 0 atom stereocenters. The zero-order valence-corrected chi connectivity index (χ0v) is 11.6. The number of primary sulfonamides is 1. The van der Waals surface area contributed by atoms with E-state index in [1.165, 1.54) is 12.1 Å². The van der Waals surface area contributed by atoms with Crippen molar-refractivity contribution in [2.45, 2.75) is 36.8 Å². The molecule has 7 heteroatoms. The molecule has 0 unspecified atom stereocenters. The van der Waals surface area contributed by atoms with Crippen molar-refractivity contribution in [3.63, 3.8) is 0 Å². The second-order valence-corrected chi connectivity index (χ2v) is 6.29. The topological polar surface area (TPSA) is 107 Å². The van der Waals surface area contributed by atoms with Gasteiger partial charge in [-0.3, -0.25) is 0 Å². The fraction of sp³-hybridized carbons (Fsp3) is 0.500. The summed E-state index contributed by atoms with van der Waals surface area (Å²) in [6.07, 6.45) is 2.11. The standard InChI is InChI=1S/C12H19N3O3S/c1-2-18-11-5-10(6-11)15-9-3-8(13)4-12(7-9)19(14,16)17/h3-4,7,10-11,15H,2,5-6,13H2,1H3,(H2,14,16,17). The summed E-state index contributed by atoms with van der Waals surface area (Å²) in [5.74, 6) is 0. The Balaban J connectivity index is 2.04. The Morgan fingerprint density at radius 2 is 2.05 bits per heavy atom. The lowest BCUT2D eigenvalue weighted by Crippen LogP contribution is -2.40. The van der Waals surface area contributed by atoms with Gasteiger partial charge in [0.05, 0.1) is 11.0 Å². The van der Waals surface area contributed by atoms with Crippen molar-refractivity contribution >= 4 is 21.4 Å². The van der Waals surface area contributed by atoms with Gasteiger partial charge in [-0.15, -0.1) is 0 Å². The molecule has 0 aromatic heterocycles. The van der Waals surface area contributed by atoms with Gasteiger partial charge < -0.3 is 15.8 Å². The Kier molecular flexibility index (Phi) is 3.98. The number of rotatable bonds is 5. The SMILES string of the molecule is CCOC1CC(Nc2cc(N)cc(S(N)(=O)=O)c2)C1. The molecule has 19 heavy (non-hydrogen) atoms. The third-order valence-electron chi connectivity index (χ3n) is 3.13. The Labute approximate surface area is 113 Å². The molecule has 106 valence electrons. The summed E-state index contributed by atoms with van der Waals surface area (Å²) in [5, 5.41) is 8.34. The monoisotopic (exact) mass is 285 g/mol. The first-order valence-electron chi connectivity index (χ1n) is 6.20. The smallest absolute Gasteiger partial charge is 0.238 e. The van der Waals surface area contributed by atoms with Crippen LogP contribution in [0, 0.1) is 0 Å². The van der Waals surface area contributed by atoms with Gasteiger partial charge in [0.1, 0.15) is 0 Å². The number of nitrogens with two attached hydrogens (primary N) is 2. The van der Waals surface area contributed by atoms with Crippen molar-refractivity contribution in [2.75, 3.05) is 17.7 Å². The first-order chi connectivity index (χ1) is 8.88. The van der Waals surface area contributed by atoms with Crippen LogP contribution in [0.1, 0.15) is 19.8 Å². The third-order valence-corrected chi connectivity index (χ3v) is 4.02. The number of hydrogen-bond donors (Lipinski definition) is 3. The normalized spacial score (nSPS) is 22.8. The quantitative estimate of drug-likeness (QED) is 0.697. The summed E-state index contributed by atoms with van der Waals surface area (Å²) in [7, 11) is -3.74. The highest BCUT2D eigenvalue weighted by Crippen LogP contribution is 2.28. The summed E-state index contributed by atoms with van der Waals surface area (Å²) in [4.78, 5) is 0.0238. The van der Waals surface area contributed by atoms with Gasteiger partial charge in [-0.25, -0.2) is 13.6 Å². The maximum absolute atomic E-state index is 11.3. The van der Waals surface area contributed by atoms with Crippen molar-refractivity contribution in [1.29, 1.82) is 0 Å². The molecular formula is C12H19N3O3S. The number of ether oxygens (including phenoxy) is 1. The summed E-state index contributed by atoms with van der Waals surface area (Å²) in [6.45, 7) is 2.68. The van der Waals surface area contributed by atoms with E-state index in [1.54, 1.807) is 6.07 Å². The van der Waals surface area contributed by atoms with Crippen molar-refractivity contribution < 1.29 is 13.2 Å². The molecule has 1 saturated carbocycles. The number of anilines is 2. The van der Waals surface area contributed by atoms with Gasteiger partial charge >= 0.3 is 0 Å². The molecule has 1 aromatic rings. The van der Waals surface area contributed by atoms with Crippen LogP contribution in [0.4, 0.5) is 11.4 Å². The van der Waals surface area contributed by atoms with E-state index in [1.807, 2.05) is 6.92 Å². The van der Waals surface area contributed by atoms with Crippen molar-refractivity contribution in [3.8, 4) is 0 Å². The van der Waals surface area contributed by atoms with Gasteiger partial charge in [0, 0.05) is 24.0 Å². The van der Waals surface area contributed by atoms with E-state index in [4.69, 9.17) is 15.6 Å². The zero-order chi connectivity index (χ0) is 14.0. The van der Waals surface area contributed by atoms with Crippen LogP contribution >= 0.6 is 0 Å². The molecule has 1 aromatic carbocycles. The highest BCUT2D eigenvalue weighted by Gasteiger charge is 2.29. The summed E-state index contributed by atoms with van der Waals surface area (Å²) in [5.41, 5.74) is 6.72. The molecule has 1 fully saturated rings. The molecule has 1 aliphatic rings. The minimum Gasteiger partial charge on any atom is -0.399 e. The Morgan fingerprint density at radius 3 is 2.63 bits per heavy atom. The number of nitrogen functional groups attached to an aromatic ring is 1. The van der Waals surface area contributed by atoms with Gasteiger partial charge in [0.15, 0.2) is 0 Å². The molecule has 0 bridgehead atoms. The largest absolute Gasteiger partial charge is 0.399 e. The molecule has 6 nitrogen and oxygen atoms in total. The average Bonchev–Trinajstić information content (AvgIpc) is 2.24. The molecule has 0 amide bonds. The van der Waals surface area contributed by atoms with Crippen LogP contribution in [-0.4, -0.2) is 27.2 Å². The second-order valence-electron chi connectivity index (χ2n) is 4.73. The maximum atomic E-state index is 11.3. The Morgan fingerprint density at radius 1 is 1.37 bits per heavy atom. The van der Waals surface area contributed by atoms with E-state index >= 15 is 0 Å². The number of nitrogens with one attached hydrogen (secondary N) is 1. The lowest BCUT2D eigenvalue weighted by atomic mass is 9.89. The maximum Gasteiger partial charge on any atom is 0.238 e. The molecule has 2 rings (SSSR count). The van der Waals surface area contributed by atoms with E-state index in [0.29, 0.717) is 24.1 Å². The molecule has 0 radical (unpaired) electrons. The predicted molar refractivity (Wildman–Crippen MR) is 74.3 cm³/mol. The molecule has 0 saturated heterocycles.